The molecule has 1 atom stereocenters. The molecule has 1 rings (SSSR count). The fraction of sp³-hybridized carbons (Fsp3) is 0.273. The number of rotatable bonds is 1. The number of carbonyl (C=O) groups is 2. The average molecular weight is 206 g/mol. The monoisotopic (exact) mass is 206 g/mol. The molecule has 0 heterocycles. The third-order valence-corrected chi connectivity index (χ3v) is 1.73. The smallest absolute Gasteiger partial charge is 0.194 e. The van der Waals surface area contributed by atoms with Gasteiger partial charge >= 0.3 is 0 Å². The summed E-state index contributed by atoms with van der Waals surface area (Å²) in [5.74, 6) is 3.99. The topological polar surface area (TPSA) is 74.6 Å². The second kappa shape index (κ2) is 4.22. The van der Waals surface area contributed by atoms with Gasteiger partial charge in [0.1, 0.15) is 5.60 Å². The molecule has 0 aliphatic heterocycles. The summed E-state index contributed by atoms with van der Waals surface area (Å²) < 4.78 is 0. The number of allylic oxidation sites excluding steroid dienone is 4. The lowest BCUT2D eigenvalue weighted by Gasteiger charge is -2.11. The van der Waals surface area contributed by atoms with Gasteiger partial charge in [-0.1, -0.05) is 11.8 Å². The highest BCUT2D eigenvalue weighted by Crippen LogP contribution is 2.05. The Balaban J connectivity index is 2.91. The van der Waals surface area contributed by atoms with Crippen molar-refractivity contribution in [1.29, 1.82) is 0 Å². The quantitative estimate of drug-likeness (QED) is 0.442. The van der Waals surface area contributed by atoms with Gasteiger partial charge in [0.25, 0.3) is 0 Å². The largest absolute Gasteiger partial charge is 0.392 e. The standard InChI is InChI=1S/C11H10O4/c1-11(15,7-12)5-4-8-6-9(13)2-3-10(8)14/h2-3,6,12,15H,7H2,1H3. The maximum absolute atomic E-state index is 11.2. The summed E-state index contributed by atoms with van der Waals surface area (Å²) in [5.41, 5.74) is -1.54. The summed E-state index contributed by atoms with van der Waals surface area (Å²) in [7, 11) is 0. The third-order valence-electron chi connectivity index (χ3n) is 1.73. The highest BCUT2D eigenvalue weighted by molar-refractivity contribution is 6.19. The van der Waals surface area contributed by atoms with Crippen molar-refractivity contribution in [3.8, 4) is 11.8 Å². The van der Waals surface area contributed by atoms with Crippen molar-refractivity contribution in [1.82, 2.24) is 0 Å². The van der Waals surface area contributed by atoms with Gasteiger partial charge in [0.05, 0.1) is 12.2 Å². The van der Waals surface area contributed by atoms with Crippen LogP contribution in [0.2, 0.25) is 0 Å². The van der Waals surface area contributed by atoms with E-state index in [1.54, 1.807) is 0 Å². The van der Waals surface area contributed by atoms with Gasteiger partial charge in [-0.25, -0.2) is 0 Å². The molecule has 0 bridgehead atoms. The van der Waals surface area contributed by atoms with Crippen molar-refractivity contribution in [3.05, 3.63) is 23.8 Å². The van der Waals surface area contributed by atoms with Gasteiger partial charge in [0.2, 0.25) is 0 Å². The van der Waals surface area contributed by atoms with Gasteiger partial charge < -0.3 is 10.2 Å². The first-order valence-corrected chi connectivity index (χ1v) is 4.29. The minimum Gasteiger partial charge on any atom is -0.392 e. The predicted molar refractivity (Wildman–Crippen MR) is 52.7 cm³/mol. The predicted octanol–water partition coefficient (Wildman–Crippen LogP) is -0.633. The molecular weight excluding hydrogens is 196 g/mol. The Morgan fingerprint density at radius 1 is 1.40 bits per heavy atom. The van der Waals surface area contributed by atoms with E-state index in [0.717, 1.165) is 18.2 Å². The number of hydrogen-bond acceptors (Lipinski definition) is 4. The van der Waals surface area contributed by atoms with Crippen molar-refractivity contribution < 1.29 is 19.8 Å². The van der Waals surface area contributed by atoms with Crippen LogP contribution in [0.4, 0.5) is 0 Å². The molecule has 0 saturated carbocycles. The molecule has 0 radical (unpaired) electrons. The van der Waals surface area contributed by atoms with Crippen LogP contribution in [0, 0.1) is 11.8 Å². The normalized spacial score (nSPS) is 19.0. The molecular formula is C11H10O4. The minimum atomic E-state index is -1.56. The zero-order chi connectivity index (χ0) is 11.5. The second-order valence-corrected chi connectivity index (χ2v) is 3.34. The molecule has 4 heteroatoms. The number of ketones is 2. The van der Waals surface area contributed by atoms with Crippen molar-refractivity contribution in [3.63, 3.8) is 0 Å². The molecule has 1 aliphatic rings. The number of aliphatic hydroxyl groups excluding tert-OH is 1. The van der Waals surface area contributed by atoms with Crippen LogP contribution in [0.15, 0.2) is 23.8 Å². The molecule has 0 aromatic carbocycles. The molecule has 78 valence electrons. The third kappa shape index (κ3) is 3.17. The van der Waals surface area contributed by atoms with E-state index in [9.17, 15) is 14.7 Å². The van der Waals surface area contributed by atoms with Crippen molar-refractivity contribution >= 4 is 11.6 Å². The van der Waals surface area contributed by atoms with E-state index in [0.29, 0.717) is 0 Å². The van der Waals surface area contributed by atoms with Crippen molar-refractivity contribution in [2.24, 2.45) is 0 Å². The lowest BCUT2D eigenvalue weighted by molar-refractivity contribution is -0.114. The minimum absolute atomic E-state index is 0.0243. The average Bonchev–Trinajstić information content (AvgIpc) is 2.20. The van der Waals surface area contributed by atoms with E-state index in [2.05, 4.69) is 11.8 Å². The maximum atomic E-state index is 11.2. The molecule has 0 amide bonds. The summed E-state index contributed by atoms with van der Waals surface area (Å²) >= 11 is 0. The highest BCUT2D eigenvalue weighted by Gasteiger charge is 2.16. The molecule has 1 aliphatic carbocycles. The molecule has 15 heavy (non-hydrogen) atoms. The van der Waals surface area contributed by atoms with E-state index in [1.807, 2.05) is 0 Å². The summed E-state index contributed by atoms with van der Waals surface area (Å²) in [4.78, 5) is 22.1. The fourth-order valence-electron chi connectivity index (χ4n) is 0.848. The number of carbonyl (C=O) groups excluding carboxylic acids is 2. The van der Waals surface area contributed by atoms with E-state index in [4.69, 9.17) is 5.11 Å². The molecule has 0 saturated heterocycles. The van der Waals surface area contributed by atoms with Crippen LogP contribution in [-0.2, 0) is 9.59 Å². The molecule has 4 nitrogen and oxygen atoms in total. The Morgan fingerprint density at radius 3 is 2.67 bits per heavy atom. The SMILES string of the molecule is CC(O)(C#CC1=CC(=O)C=CC1=O)CO. The molecule has 0 fully saturated rings. The molecule has 2 N–H and O–H groups in total. The Kier molecular flexibility index (Phi) is 3.20. The van der Waals surface area contributed by atoms with E-state index in [1.165, 1.54) is 6.92 Å². The van der Waals surface area contributed by atoms with E-state index in [-0.39, 0.29) is 17.1 Å². The van der Waals surface area contributed by atoms with Gasteiger partial charge in [-0.05, 0) is 19.1 Å². The fourth-order valence-corrected chi connectivity index (χ4v) is 0.848. The first-order chi connectivity index (χ1) is 6.94. The summed E-state index contributed by atoms with van der Waals surface area (Å²) in [6, 6.07) is 0. The van der Waals surface area contributed by atoms with E-state index >= 15 is 0 Å². The van der Waals surface area contributed by atoms with Gasteiger partial charge in [-0.3, -0.25) is 9.59 Å². The molecule has 0 aromatic rings. The van der Waals surface area contributed by atoms with Crippen LogP contribution in [-0.4, -0.2) is 34.0 Å². The van der Waals surface area contributed by atoms with Gasteiger partial charge in [-0.15, -0.1) is 0 Å². The van der Waals surface area contributed by atoms with Crippen LogP contribution < -0.4 is 0 Å². The van der Waals surface area contributed by atoms with Gasteiger partial charge in [-0.2, -0.15) is 0 Å². The lowest BCUT2D eigenvalue weighted by atomic mass is 10.0. The van der Waals surface area contributed by atoms with Crippen LogP contribution >= 0.6 is 0 Å². The first kappa shape index (κ1) is 11.4. The summed E-state index contributed by atoms with van der Waals surface area (Å²) in [6.07, 6.45) is 3.38. The molecule has 1 unspecified atom stereocenters. The maximum Gasteiger partial charge on any atom is 0.194 e. The van der Waals surface area contributed by atoms with Crippen molar-refractivity contribution in [2.45, 2.75) is 12.5 Å². The summed E-state index contributed by atoms with van der Waals surface area (Å²) in [6.45, 7) is 0.775. The summed E-state index contributed by atoms with van der Waals surface area (Å²) in [5, 5.41) is 18.0. The Bertz CT molecular complexity index is 416. The Hall–Kier alpha value is -1.70. The number of aliphatic hydroxyl groups is 2. The van der Waals surface area contributed by atoms with Crippen LogP contribution in [0.3, 0.4) is 0 Å². The number of hydrogen-bond donors (Lipinski definition) is 2. The van der Waals surface area contributed by atoms with Gasteiger partial charge in [0, 0.05) is 6.08 Å². The van der Waals surface area contributed by atoms with E-state index < -0.39 is 12.2 Å². The van der Waals surface area contributed by atoms with Crippen LogP contribution in [0.1, 0.15) is 6.92 Å². The van der Waals surface area contributed by atoms with Crippen LogP contribution in [0.25, 0.3) is 0 Å². The molecule has 0 aromatic heterocycles. The molecule has 0 spiro atoms. The highest BCUT2D eigenvalue weighted by atomic mass is 16.3. The zero-order valence-electron chi connectivity index (χ0n) is 8.15. The Morgan fingerprint density at radius 2 is 2.07 bits per heavy atom. The lowest BCUT2D eigenvalue weighted by Crippen LogP contribution is -2.26. The Labute approximate surface area is 86.9 Å². The first-order valence-electron chi connectivity index (χ1n) is 4.29. The zero-order valence-corrected chi connectivity index (χ0v) is 8.15. The van der Waals surface area contributed by atoms with Crippen molar-refractivity contribution in [2.75, 3.05) is 6.61 Å². The second-order valence-electron chi connectivity index (χ2n) is 3.34. The van der Waals surface area contributed by atoms with Crippen LogP contribution in [0.5, 0.6) is 0 Å². The van der Waals surface area contributed by atoms with Gasteiger partial charge in [0.15, 0.2) is 11.6 Å².